The maximum Gasteiger partial charge on any atom is 0.228 e. The molecular weight excluding hydrogens is 314 g/mol. The zero-order chi connectivity index (χ0) is 16.4. The van der Waals surface area contributed by atoms with Gasteiger partial charge in [0.25, 0.3) is 0 Å². The molecule has 122 valence electrons. The molecule has 3 heterocycles. The summed E-state index contributed by atoms with van der Waals surface area (Å²) in [6.07, 6.45) is 5.35. The second kappa shape index (κ2) is 6.49. The molecule has 23 heavy (non-hydrogen) atoms. The number of carbonyl (C=O) groups excluding carboxylic acids is 2. The highest BCUT2D eigenvalue weighted by Crippen LogP contribution is 2.25. The van der Waals surface area contributed by atoms with Crippen LogP contribution < -0.4 is 4.90 Å². The maximum absolute atomic E-state index is 12.3. The van der Waals surface area contributed by atoms with Gasteiger partial charge in [-0.3, -0.25) is 19.2 Å². The van der Waals surface area contributed by atoms with Gasteiger partial charge in [-0.25, -0.2) is 4.98 Å². The van der Waals surface area contributed by atoms with Gasteiger partial charge in [0.1, 0.15) is 0 Å². The topological polar surface area (TPSA) is 71.3 Å². The SMILES string of the molecule is CN(Cc1cnn(C)c1)C(=O)Cc1csc(N2CCCC2=O)n1. The van der Waals surface area contributed by atoms with Gasteiger partial charge in [0.15, 0.2) is 5.13 Å². The molecule has 8 heteroatoms. The molecule has 0 atom stereocenters. The fourth-order valence-corrected chi connectivity index (χ4v) is 3.43. The molecule has 0 N–H and O–H groups in total. The predicted molar refractivity (Wildman–Crippen MR) is 87.1 cm³/mol. The summed E-state index contributed by atoms with van der Waals surface area (Å²) in [5.74, 6) is 0.115. The number of aromatic nitrogens is 3. The van der Waals surface area contributed by atoms with E-state index in [4.69, 9.17) is 0 Å². The molecule has 1 aliphatic heterocycles. The summed E-state index contributed by atoms with van der Waals surface area (Å²) in [6, 6.07) is 0. The molecule has 7 nitrogen and oxygen atoms in total. The fourth-order valence-electron chi connectivity index (χ4n) is 2.56. The number of amides is 2. The highest BCUT2D eigenvalue weighted by atomic mass is 32.1. The van der Waals surface area contributed by atoms with Crippen LogP contribution in [0.3, 0.4) is 0 Å². The summed E-state index contributed by atoms with van der Waals surface area (Å²) in [5.41, 5.74) is 1.71. The summed E-state index contributed by atoms with van der Waals surface area (Å²) in [7, 11) is 3.62. The van der Waals surface area contributed by atoms with Gasteiger partial charge in [-0.1, -0.05) is 0 Å². The molecule has 0 radical (unpaired) electrons. The number of aryl methyl sites for hydroxylation is 1. The average Bonchev–Trinajstić information content (AvgIpc) is 3.21. The lowest BCUT2D eigenvalue weighted by Crippen LogP contribution is -2.28. The molecular formula is C15H19N5O2S. The first-order valence-electron chi connectivity index (χ1n) is 7.49. The Morgan fingerprint density at radius 2 is 2.30 bits per heavy atom. The van der Waals surface area contributed by atoms with Crippen LogP contribution in [-0.2, 0) is 29.6 Å². The third-order valence-electron chi connectivity index (χ3n) is 3.78. The van der Waals surface area contributed by atoms with Crippen LogP contribution in [0.25, 0.3) is 0 Å². The number of hydrogen-bond acceptors (Lipinski definition) is 5. The van der Waals surface area contributed by atoms with E-state index in [0.717, 1.165) is 18.5 Å². The summed E-state index contributed by atoms with van der Waals surface area (Å²) in [4.78, 5) is 31.8. The predicted octanol–water partition coefficient (Wildman–Crippen LogP) is 1.20. The van der Waals surface area contributed by atoms with E-state index in [-0.39, 0.29) is 18.2 Å². The summed E-state index contributed by atoms with van der Waals surface area (Å²) < 4.78 is 1.72. The van der Waals surface area contributed by atoms with Crippen LogP contribution in [0.2, 0.25) is 0 Å². The number of nitrogens with zero attached hydrogens (tertiary/aromatic N) is 5. The van der Waals surface area contributed by atoms with E-state index >= 15 is 0 Å². The number of thiazole rings is 1. The molecule has 1 fully saturated rings. The Kier molecular flexibility index (Phi) is 4.42. The van der Waals surface area contributed by atoms with Gasteiger partial charge >= 0.3 is 0 Å². The highest BCUT2D eigenvalue weighted by molar-refractivity contribution is 7.14. The van der Waals surface area contributed by atoms with Gasteiger partial charge in [-0.2, -0.15) is 5.10 Å². The molecule has 0 saturated carbocycles. The van der Waals surface area contributed by atoms with Crippen LogP contribution in [-0.4, -0.2) is 45.1 Å². The first-order valence-corrected chi connectivity index (χ1v) is 8.37. The van der Waals surface area contributed by atoms with E-state index in [9.17, 15) is 9.59 Å². The zero-order valence-corrected chi connectivity index (χ0v) is 14.0. The number of carbonyl (C=O) groups is 2. The van der Waals surface area contributed by atoms with Crippen LogP contribution in [0.4, 0.5) is 5.13 Å². The monoisotopic (exact) mass is 333 g/mol. The van der Waals surface area contributed by atoms with Gasteiger partial charge in [-0.15, -0.1) is 11.3 Å². The fraction of sp³-hybridized carbons (Fsp3) is 0.467. The van der Waals surface area contributed by atoms with Crippen LogP contribution in [0.15, 0.2) is 17.8 Å². The van der Waals surface area contributed by atoms with E-state index in [1.165, 1.54) is 11.3 Å². The smallest absolute Gasteiger partial charge is 0.228 e. The molecule has 0 spiro atoms. The van der Waals surface area contributed by atoms with Crippen molar-refractivity contribution in [3.05, 3.63) is 29.0 Å². The molecule has 2 aromatic rings. The lowest BCUT2D eigenvalue weighted by atomic mass is 10.3. The number of hydrogen-bond donors (Lipinski definition) is 0. The first-order chi connectivity index (χ1) is 11.0. The van der Waals surface area contributed by atoms with Gasteiger partial charge in [0.2, 0.25) is 11.8 Å². The van der Waals surface area contributed by atoms with Crippen molar-refractivity contribution in [2.45, 2.75) is 25.8 Å². The van der Waals surface area contributed by atoms with Gasteiger partial charge in [0, 0.05) is 50.7 Å². The van der Waals surface area contributed by atoms with Crippen molar-refractivity contribution in [3.63, 3.8) is 0 Å². The normalized spacial score (nSPS) is 14.5. The zero-order valence-electron chi connectivity index (χ0n) is 13.2. The largest absolute Gasteiger partial charge is 0.341 e. The Labute approximate surface area is 138 Å². The first kappa shape index (κ1) is 15.7. The molecule has 1 aliphatic rings. The molecule has 0 aromatic carbocycles. The standard InChI is InChI=1S/C15H19N5O2S/c1-18(8-11-7-16-19(2)9-11)14(22)6-12-10-23-15(17-12)20-5-3-4-13(20)21/h7,9-10H,3-6,8H2,1-2H3. The third-order valence-corrected chi connectivity index (χ3v) is 4.69. The van der Waals surface area contributed by atoms with Crippen LogP contribution in [0, 0.1) is 0 Å². The Balaban J connectivity index is 1.59. The maximum atomic E-state index is 12.3. The molecule has 2 amide bonds. The summed E-state index contributed by atoms with van der Waals surface area (Å²) >= 11 is 1.42. The Bertz CT molecular complexity index is 723. The Hall–Kier alpha value is -2.22. The molecule has 3 rings (SSSR count). The van der Waals surface area contributed by atoms with E-state index in [1.807, 2.05) is 18.6 Å². The minimum absolute atomic E-state index is 0.00143. The van der Waals surface area contributed by atoms with Crippen LogP contribution in [0.5, 0.6) is 0 Å². The Morgan fingerprint density at radius 3 is 2.96 bits per heavy atom. The molecule has 0 bridgehead atoms. The van der Waals surface area contributed by atoms with Crippen molar-refractivity contribution >= 4 is 28.3 Å². The lowest BCUT2D eigenvalue weighted by Gasteiger charge is -2.15. The average molecular weight is 333 g/mol. The Morgan fingerprint density at radius 1 is 1.48 bits per heavy atom. The van der Waals surface area contributed by atoms with Crippen molar-refractivity contribution in [3.8, 4) is 0 Å². The molecule has 0 aliphatic carbocycles. The van der Waals surface area contributed by atoms with Crippen molar-refractivity contribution in [2.24, 2.45) is 7.05 Å². The van der Waals surface area contributed by atoms with E-state index < -0.39 is 0 Å². The minimum Gasteiger partial charge on any atom is -0.341 e. The molecule has 1 saturated heterocycles. The van der Waals surface area contributed by atoms with E-state index in [1.54, 1.807) is 27.7 Å². The second-order valence-corrected chi connectivity index (χ2v) is 6.56. The summed E-state index contributed by atoms with van der Waals surface area (Å²) in [5, 5.41) is 6.66. The van der Waals surface area contributed by atoms with Gasteiger partial charge in [-0.05, 0) is 6.42 Å². The quantitative estimate of drug-likeness (QED) is 0.824. The van der Waals surface area contributed by atoms with Crippen LogP contribution in [0.1, 0.15) is 24.1 Å². The van der Waals surface area contributed by atoms with Gasteiger partial charge < -0.3 is 4.90 Å². The van der Waals surface area contributed by atoms with E-state index in [2.05, 4.69) is 10.1 Å². The molecule has 2 aromatic heterocycles. The van der Waals surface area contributed by atoms with Crippen molar-refractivity contribution < 1.29 is 9.59 Å². The van der Waals surface area contributed by atoms with E-state index in [0.29, 0.717) is 23.8 Å². The lowest BCUT2D eigenvalue weighted by molar-refractivity contribution is -0.129. The number of likely N-dealkylation sites (N-methyl/N-ethyl adjacent to an activating group) is 1. The number of rotatable bonds is 5. The minimum atomic E-state index is -0.00143. The molecule has 0 unspecified atom stereocenters. The summed E-state index contributed by atoms with van der Waals surface area (Å²) in [6.45, 7) is 1.24. The number of anilines is 1. The van der Waals surface area contributed by atoms with Crippen molar-refractivity contribution in [1.29, 1.82) is 0 Å². The highest BCUT2D eigenvalue weighted by Gasteiger charge is 2.24. The third kappa shape index (κ3) is 3.58. The van der Waals surface area contributed by atoms with Crippen LogP contribution >= 0.6 is 11.3 Å². The van der Waals surface area contributed by atoms with Crippen molar-refractivity contribution in [2.75, 3.05) is 18.5 Å². The van der Waals surface area contributed by atoms with Gasteiger partial charge in [0.05, 0.1) is 18.3 Å². The van der Waals surface area contributed by atoms with Crippen molar-refractivity contribution in [1.82, 2.24) is 19.7 Å². The second-order valence-electron chi connectivity index (χ2n) is 5.72.